The van der Waals surface area contributed by atoms with E-state index in [9.17, 15) is 4.91 Å². The van der Waals surface area contributed by atoms with Crippen LogP contribution in [0.25, 0.3) is 0 Å². The molecule has 2 heteroatoms. The zero-order valence-corrected chi connectivity index (χ0v) is 4.86. The number of nitroso groups, excluding NO2 is 1. The van der Waals surface area contributed by atoms with Crippen LogP contribution >= 0.6 is 0 Å². The molecule has 0 aromatic carbocycles. The SMILES string of the molecule is CC(C)=C(C)N=O. The molecule has 7 heavy (non-hydrogen) atoms. The van der Waals surface area contributed by atoms with Crippen LogP contribution in [0.4, 0.5) is 0 Å². The highest BCUT2D eigenvalue weighted by Crippen LogP contribution is 2.00. The minimum absolute atomic E-state index is 0.583. The summed E-state index contributed by atoms with van der Waals surface area (Å²) in [4.78, 5) is 9.64. The van der Waals surface area contributed by atoms with Gasteiger partial charge in [-0.15, -0.1) is 4.91 Å². The Morgan fingerprint density at radius 3 is 1.71 bits per heavy atom. The second kappa shape index (κ2) is 2.50. The van der Waals surface area contributed by atoms with Crippen molar-refractivity contribution in [2.24, 2.45) is 5.18 Å². The van der Waals surface area contributed by atoms with Crippen LogP contribution in [0.15, 0.2) is 16.4 Å². The van der Waals surface area contributed by atoms with E-state index in [1.165, 1.54) is 0 Å². The van der Waals surface area contributed by atoms with Crippen molar-refractivity contribution in [3.63, 3.8) is 0 Å². The monoisotopic (exact) mass is 99.1 g/mol. The second-order valence-corrected chi connectivity index (χ2v) is 1.68. The van der Waals surface area contributed by atoms with Crippen LogP contribution in [0, 0.1) is 4.91 Å². The summed E-state index contributed by atoms with van der Waals surface area (Å²) in [6.07, 6.45) is 0. The standard InChI is InChI=1S/C5H9NO/c1-4(2)5(3)6-7/h1-3H3. The molecule has 0 aliphatic rings. The van der Waals surface area contributed by atoms with Crippen molar-refractivity contribution in [1.82, 2.24) is 0 Å². The van der Waals surface area contributed by atoms with E-state index < -0.39 is 0 Å². The molecule has 0 unspecified atom stereocenters. The molecule has 0 amide bonds. The Morgan fingerprint density at radius 1 is 1.29 bits per heavy atom. The van der Waals surface area contributed by atoms with Crippen molar-refractivity contribution in [3.05, 3.63) is 16.2 Å². The maximum absolute atomic E-state index is 9.64. The molecular weight excluding hydrogens is 90.1 g/mol. The predicted octanol–water partition coefficient (Wildman–Crippen LogP) is 2.07. The highest BCUT2D eigenvalue weighted by Gasteiger charge is 1.84. The van der Waals surface area contributed by atoms with Crippen LogP contribution in [0.3, 0.4) is 0 Å². The average Bonchev–Trinajstić information content (AvgIpc) is 1.65. The highest BCUT2D eigenvalue weighted by atomic mass is 16.3. The summed E-state index contributed by atoms with van der Waals surface area (Å²) in [7, 11) is 0. The summed E-state index contributed by atoms with van der Waals surface area (Å²) >= 11 is 0. The van der Waals surface area contributed by atoms with Crippen LogP contribution in [0.2, 0.25) is 0 Å². The van der Waals surface area contributed by atoms with E-state index in [-0.39, 0.29) is 0 Å². The Labute approximate surface area is 43.2 Å². The van der Waals surface area contributed by atoms with Gasteiger partial charge in [-0.2, -0.15) is 0 Å². The van der Waals surface area contributed by atoms with Gasteiger partial charge in [0.1, 0.15) is 0 Å². The van der Waals surface area contributed by atoms with Gasteiger partial charge in [0.05, 0.1) is 5.70 Å². The number of allylic oxidation sites excluding steroid dienone is 2. The van der Waals surface area contributed by atoms with E-state index in [1.807, 2.05) is 13.8 Å². The summed E-state index contributed by atoms with van der Waals surface area (Å²) in [5.41, 5.74) is 1.56. The maximum atomic E-state index is 9.64. The van der Waals surface area contributed by atoms with Crippen molar-refractivity contribution in [1.29, 1.82) is 0 Å². The van der Waals surface area contributed by atoms with Gasteiger partial charge >= 0.3 is 0 Å². The summed E-state index contributed by atoms with van der Waals surface area (Å²) in [5.74, 6) is 0. The molecule has 0 bridgehead atoms. The molecule has 0 aliphatic carbocycles. The Hall–Kier alpha value is -0.660. The first-order valence-corrected chi connectivity index (χ1v) is 2.16. The quantitative estimate of drug-likeness (QED) is 0.462. The highest BCUT2D eigenvalue weighted by molar-refractivity contribution is 5.03. The Bertz CT molecular complexity index is 101. The third kappa shape index (κ3) is 2.09. The Kier molecular flexibility index (Phi) is 2.27. The van der Waals surface area contributed by atoms with Crippen LogP contribution < -0.4 is 0 Å². The van der Waals surface area contributed by atoms with E-state index in [0.29, 0.717) is 5.70 Å². The zero-order valence-electron chi connectivity index (χ0n) is 4.86. The molecule has 0 rings (SSSR count). The molecular formula is C5H9NO. The molecule has 0 fully saturated rings. The molecule has 0 heterocycles. The second-order valence-electron chi connectivity index (χ2n) is 1.68. The van der Waals surface area contributed by atoms with Crippen LogP contribution in [0.1, 0.15) is 20.8 Å². The molecule has 0 aromatic rings. The summed E-state index contributed by atoms with van der Waals surface area (Å²) in [6, 6.07) is 0. The molecule has 0 saturated carbocycles. The smallest absolute Gasteiger partial charge is 0.0804 e. The molecule has 2 nitrogen and oxygen atoms in total. The van der Waals surface area contributed by atoms with Gasteiger partial charge in [0.25, 0.3) is 0 Å². The van der Waals surface area contributed by atoms with Gasteiger partial charge in [0, 0.05) is 0 Å². The van der Waals surface area contributed by atoms with E-state index in [0.717, 1.165) is 5.57 Å². The fraction of sp³-hybridized carbons (Fsp3) is 0.600. The molecule has 0 saturated heterocycles. The van der Waals surface area contributed by atoms with Crippen molar-refractivity contribution in [2.75, 3.05) is 0 Å². The predicted molar refractivity (Wildman–Crippen MR) is 29.8 cm³/mol. The van der Waals surface area contributed by atoms with E-state index >= 15 is 0 Å². The Balaban J connectivity index is 3.98. The minimum Gasteiger partial charge on any atom is -0.145 e. The van der Waals surface area contributed by atoms with E-state index in [1.54, 1.807) is 6.92 Å². The van der Waals surface area contributed by atoms with Crippen LogP contribution in [-0.4, -0.2) is 0 Å². The van der Waals surface area contributed by atoms with Crippen molar-refractivity contribution >= 4 is 0 Å². The molecule has 0 atom stereocenters. The summed E-state index contributed by atoms with van der Waals surface area (Å²) in [6.45, 7) is 5.41. The normalized spacial score (nSPS) is 7.86. The first-order valence-electron chi connectivity index (χ1n) is 2.16. The lowest BCUT2D eigenvalue weighted by atomic mass is 10.3. The molecule has 0 aromatic heterocycles. The van der Waals surface area contributed by atoms with Gasteiger partial charge in [-0.25, -0.2) is 0 Å². The zero-order chi connectivity index (χ0) is 5.86. The number of hydrogen-bond acceptors (Lipinski definition) is 2. The number of rotatable bonds is 1. The van der Waals surface area contributed by atoms with Crippen molar-refractivity contribution < 1.29 is 0 Å². The largest absolute Gasteiger partial charge is 0.145 e. The fourth-order valence-electron chi connectivity index (χ4n) is 0.0913. The molecule has 0 aliphatic heterocycles. The summed E-state index contributed by atoms with van der Waals surface area (Å²) in [5, 5.41) is 2.72. The minimum atomic E-state index is 0.583. The first kappa shape index (κ1) is 6.34. The van der Waals surface area contributed by atoms with E-state index in [2.05, 4.69) is 5.18 Å². The third-order valence-corrected chi connectivity index (χ3v) is 0.861. The first-order chi connectivity index (χ1) is 3.18. The lowest BCUT2D eigenvalue weighted by Crippen LogP contribution is -1.69. The molecule has 40 valence electrons. The lowest BCUT2D eigenvalue weighted by Gasteiger charge is -1.85. The average molecular weight is 99.1 g/mol. The van der Waals surface area contributed by atoms with Crippen LogP contribution in [-0.2, 0) is 0 Å². The molecule has 0 N–H and O–H groups in total. The van der Waals surface area contributed by atoms with Gasteiger partial charge < -0.3 is 0 Å². The van der Waals surface area contributed by atoms with Gasteiger partial charge in [-0.05, 0) is 25.9 Å². The lowest BCUT2D eigenvalue weighted by molar-refractivity contribution is 1.18. The van der Waals surface area contributed by atoms with Crippen molar-refractivity contribution in [3.8, 4) is 0 Å². The topological polar surface area (TPSA) is 29.4 Å². The van der Waals surface area contributed by atoms with Crippen LogP contribution in [0.5, 0.6) is 0 Å². The van der Waals surface area contributed by atoms with E-state index in [4.69, 9.17) is 0 Å². The van der Waals surface area contributed by atoms with Crippen molar-refractivity contribution in [2.45, 2.75) is 20.8 Å². The summed E-state index contributed by atoms with van der Waals surface area (Å²) < 4.78 is 0. The van der Waals surface area contributed by atoms with Gasteiger partial charge in [0.2, 0.25) is 0 Å². The molecule has 0 spiro atoms. The number of nitrogens with zero attached hydrogens (tertiary/aromatic N) is 1. The van der Waals surface area contributed by atoms with Gasteiger partial charge in [-0.3, -0.25) is 0 Å². The van der Waals surface area contributed by atoms with Gasteiger partial charge in [-0.1, -0.05) is 5.57 Å². The fourth-order valence-corrected chi connectivity index (χ4v) is 0.0913. The molecule has 0 radical (unpaired) electrons. The van der Waals surface area contributed by atoms with Gasteiger partial charge in [0.15, 0.2) is 0 Å². The third-order valence-electron chi connectivity index (χ3n) is 0.861. The Morgan fingerprint density at radius 2 is 1.71 bits per heavy atom. The number of hydrogen-bond donors (Lipinski definition) is 0. The maximum Gasteiger partial charge on any atom is 0.0804 e.